The maximum Gasteiger partial charge on any atom is 0.364 e. The molecule has 1 aliphatic heterocycles. The molecule has 5 heteroatoms. The highest BCUT2D eigenvalue weighted by atomic mass is 16.6. The lowest BCUT2D eigenvalue weighted by molar-refractivity contribution is -0.181. The highest BCUT2D eigenvalue weighted by Crippen LogP contribution is 2.36. The maximum absolute atomic E-state index is 11.9. The van der Waals surface area contributed by atoms with Crippen molar-refractivity contribution in [3.05, 3.63) is 35.4 Å². The molecule has 1 aromatic carbocycles. The molecular weight excluding hydrogens is 222 g/mol. The van der Waals surface area contributed by atoms with Crippen molar-refractivity contribution in [1.82, 2.24) is 4.90 Å². The van der Waals surface area contributed by atoms with E-state index >= 15 is 0 Å². The number of esters is 1. The first-order valence-electron chi connectivity index (χ1n) is 5.30. The van der Waals surface area contributed by atoms with E-state index < -0.39 is 17.6 Å². The van der Waals surface area contributed by atoms with E-state index in [1.54, 1.807) is 31.2 Å². The maximum atomic E-state index is 11.9. The molecule has 0 bridgehead atoms. The van der Waals surface area contributed by atoms with Gasteiger partial charge in [-0.15, -0.1) is 0 Å². The molecule has 2 rings (SSSR count). The van der Waals surface area contributed by atoms with Gasteiger partial charge in [0.25, 0.3) is 11.6 Å². The molecule has 1 atom stereocenters. The molecule has 90 valence electrons. The molecule has 1 aromatic rings. The predicted molar refractivity (Wildman–Crippen MR) is 59.1 cm³/mol. The van der Waals surface area contributed by atoms with Gasteiger partial charge in [-0.25, -0.2) is 4.79 Å². The van der Waals surface area contributed by atoms with Crippen molar-refractivity contribution in [2.75, 3.05) is 13.7 Å². The minimum atomic E-state index is -2.01. The number of carbonyl (C=O) groups is 2. The third-order valence-electron chi connectivity index (χ3n) is 2.88. The topological polar surface area (TPSA) is 66.8 Å². The van der Waals surface area contributed by atoms with Crippen LogP contribution in [0.4, 0.5) is 0 Å². The van der Waals surface area contributed by atoms with Crippen LogP contribution in [0, 0.1) is 0 Å². The second-order valence-corrected chi connectivity index (χ2v) is 3.80. The van der Waals surface area contributed by atoms with Crippen LogP contribution in [-0.2, 0) is 15.3 Å². The molecule has 0 aromatic heterocycles. The number of nitrogens with zero attached hydrogens (tertiary/aromatic N) is 1. The summed E-state index contributed by atoms with van der Waals surface area (Å²) in [5, 5.41) is 10.4. The molecule has 0 spiro atoms. The third kappa shape index (κ3) is 1.43. The summed E-state index contributed by atoms with van der Waals surface area (Å²) in [6.07, 6.45) is 0. The zero-order chi connectivity index (χ0) is 12.6. The van der Waals surface area contributed by atoms with Crippen LogP contribution in [0.2, 0.25) is 0 Å². The molecule has 5 nitrogen and oxygen atoms in total. The second-order valence-electron chi connectivity index (χ2n) is 3.80. The number of carbonyl (C=O) groups excluding carboxylic acids is 2. The van der Waals surface area contributed by atoms with Crippen molar-refractivity contribution in [2.45, 2.75) is 12.6 Å². The molecule has 0 radical (unpaired) electrons. The van der Waals surface area contributed by atoms with Gasteiger partial charge < -0.3 is 14.7 Å². The Morgan fingerprint density at radius 1 is 1.47 bits per heavy atom. The van der Waals surface area contributed by atoms with Crippen LogP contribution < -0.4 is 0 Å². The lowest BCUT2D eigenvalue weighted by Gasteiger charge is -2.28. The fourth-order valence-electron chi connectivity index (χ4n) is 1.96. The fourth-order valence-corrected chi connectivity index (χ4v) is 1.96. The average molecular weight is 235 g/mol. The molecule has 0 saturated heterocycles. The van der Waals surface area contributed by atoms with E-state index in [1.165, 1.54) is 7.05 Å². The first-order chi connectivity index (χ1) is 8.03. The summed E-state index contributed by atoms with van der Waals surface area (Å²) in [7, 11) is 1.37. The Labute approximate surface area is 98.6 Å². The number of ether oxygens (including phenoxy) is 1. The average Bonchev–Trinajstić information content (AvgIpc) is 2.54. The van der Waals surface area contributed by atoms with Crippen LogP contribution in [0.1, 0.15) is 22.8 Å². The summed E-state index contributed by atoms with van der Waals surface area (Å²) in [6, 6.07) is 6.47. The summed E-state index contributed by atoms with van der Waals surface area (Å²) in [6.45, 7) is 1.79. The number of amides is 1. The van der Waals surface area contributed by atoms with E-state index in [4.69, 9.17) is 4.74 Å². The number of rotatable bonds is 2. The van der Waals surface area contributed by atoms with Crippen molar-refractivity contribution in [2.24, 2.45) is 0 Å². The Morgan fingerprint density at radius 2 is 2.12 bits per heavy atom. The standard InChI is InChI=1S/C12H13NO4/c1-3-17-11(15)12(16)9-7-5-4-6-8(9)10(14)13(12)2/h4-7,16H,3H2,1-2H3/t12-/m1/s1. The van der Waals surface area contributed by atoms with E-state index in [1.807, 2.05) is 0 Å². The first kappa shape index (κ1) is 11.6. The highest BCUT2D eigenvalue weighted by Gasteiger charge is 2.53. The van der Waals surface area contributed by atoms with E-state index in [9.17, 15) is 14.7 Å². The molecule has 0 unspecified atom stereocenters. The molecule has 0 saturated carbocycles. The van der Waals surface area contributed by atoms with Crippen molar-refractivity contribution >= 4 is 11.9 Å². The van der Waals surface area contributed by atoms with Crippen LogP contribution in [0.5, 0.6) is 0 Å². The number of benzene rings is 1. The van der Waals surface area contributed by atoms with Gasteiger partial charge in [0.05, 0.1) is 6.61 Å². The molecule has 1 amide bonds. The van der Waals surface area contributed by atoms with Gasteiger partial charge in [0, 0.05) is 18.2 Å². The zero-order valence-corrected chi connectivity index (χ0v) is 9.64. The van der Waals surface area contributed by atoms with Gasteiger partial charge in [-0.1, -0.05) is 18.2 Å². The van der Waals surface area contributed by atoms with Crippen LogP contribution in [0.25, 0.3) is 0 Å². The van der Waals surface area contributed by atoms with Crippen LogP contribution in [0.3, 0.4) is 0 Å². The minimum absolute atomic E-state index is 0.144. The summed E-state index contributed by atoms with van der Waals surface area (Å²) >= 11 is 0. The molecule has 1 aliphatic rings. The lowest BCUT2D eigenvalue weighted by atomic mass is 10.0. The van der Waals surface area contributed by atoms with Crippen LogP contribution in [-0.4, -0.2) is 35.5 Å². The van der Waals surface area contributed by atoms with Gasteiger partial charge in [-0.2, -0.15) is 0 Å². The zero-order valence-electron chi connectivity index (χ0n) is 9.64. The Hall–Kier alpha value is -1.88. The highest BCUT2D eigenvalue weighted by molar-refractivity contribution is 6.04. The van der Waals surface area contributed by atoms with E-state index in [0.717, 1.165) is 4.90 Å². The van der Waals surface area contributed by atoms with E-state index in [0.29, 0.717) is 5.56 Å². The molecule has 17 heavy (non-hydrogen) atoms. The van der Waals surface area contributed by atoms with Crippen molar-refractivity contribution in [1.29, 1.82) is 0 Å². The summed E-state index contributed by atoms with van der Waals surface area (Å²) in [5.41, 5.74) is -1.42. The van der Waals surface area contributed by atoms with Gasteiger partial charge >= 0.3 is 5.97 Å². The van der Waals surface area contributed by atoms with Crippen molar-refractivity contribution in [3.8, 4) is 0 Å². The van der Waals surface area contributed by atoms with Gasteiger partial charge in [0.2, 0.25) is 0 Å². The number of hydrogen-bond donors (Lipinski definition) is 1. The number of hydrogen-bond acceptors (Lipinski definition) is 4. The fraction of sp³-hybridized carbons (Fsp3) is 0.333. The Kier molecular flexibility index (Phi) is 2.63. The predicted octanol–water partition coefficient (Wildman–Crippen LogP) is 0.480. The quantitative estimate of drug-likeness (QED) is 0.757. The van der Waals surface area contributed by atoms with Gasteiger partial charge in [0.1, 0.15) is 0 Å². The van der Waals surface area contributed by atoms with Crippen LogP contribution in [0.15, 0.2) is 24.3 Å². The van der Waals surface area contributed by atoms with E-state index in [-0.39, 0.29) is 12.2 Å². The second kappa shape index (κ2) is 3.85. The largest absolute Gasteiger partial charge is 0.462 e. The molecule has 1 N–H and O–H groups in total. The Bertz CT molecular complexity index is 485. The van der Waals surface area contributed by atoms with E-state index in [2.05, 4.69) is 0 Å². The van der Waals surface area contributed by atoms with Crippen molar-refractivity contribution < 1.29 is 19.4 Å². The van der Waals surface area contributed by atoms with Crippen LogP contribution >= 0.6 is 0 Å². The molecule has 1 heterocycles. The number of fused-ring (bicyclic) bond motifs is 1. The number of aliphatic hydroxyl groups is 1. The molecule has 0 aliphatic carbocycles. The smallest absolute Gasteiger partial charge is 0.364 e. The van der Waals surface area contributed by atoms with Gasteiger partial charge in [-0.05, 0) is 13.0 Å². The lowest BCUT2D eigenvalue weighted by Crippen LogP contribution is -2.48. The molecule has 0 fully saturated rings. The Morgan fingerprint density at radius 3 is 2.76 bits per heavy atom. The van der Waals surface area contributed by atoms with Crippen molar-refractivity contribution in [3.63, 3.8) is 0 Å². The normalized spacial score (nSPS) is 22.5. The van der Waals surface area contributed by atoms with Gasteiger partial charge in [-0.3, -0.25) is 4.79 Å². The molecular formula is C12H13NO4. The third-order valence-corrected chi connectivity index (χ3v) is 2.88. The Balaban J connectivity index is 2.55. The number of likely N-dealkylation sites (N-methyl/N-ethyl adjacent to an activating group) is 1. The SMILES string of the molecule is CCOC(=O)[C@]1(O)c2ccccc2C(=O)N1C. The minimum Gasteiger partial charge on any atom is -0.462 e. The summed E-state index contributed by atoms with van der Waals surface area (Å²) in [4.78, 5) is 24.7. The first-order valence-corrected chi connectivity index (χ1v) is 5.30. The summed E-state index contributed by atoms with van der Waals surface area (Å²) in [5.74, 6) is -1.23. The monoisotopic (exact) mass is 235 g/mol. The van der Waals surface area contributed by atoms with Gasteiger partial charge in [0.15, 0.2) is 0 Å². The summed E-state index contributed by atoms with van der Waals surface area (Å²) < 4.78 is 4.82.